The van der Waals surface area contributed by atoms with Gasteiger partial charge in [0.2, 0.25) is 5.82 Å². The Kier molecular flexibility index (Phi) is 6.80. The van der Waals surface area contributed by atoms with E-state index in [1.165, 1.54) is 24.3 Å². The van der Waals surface area contributed by atoms with Crippen LogP contribution in [-0.2, 0) is 9.59 Å². The van der Waals surface area contributed by atoms with Crippen molar-refractivity contribution in [3.8, 4) is 0 Å². The van der Waals surface area contributed by atoms with Crippen molar-refractivity contribution >= 4 is 29.3 Å². The molecular formula is C22H11F7N2O2. The van der Waals surface area contributed by atoms with Crippen molar-refractivity contribution in [1.82, 2.24) is 0 Å². The third kappa shape index (κ3) is 4.86. The lowest BCUT2D eigenvalue weighted by molar-refractivity contribution is -0.118. The maximum Gasteiger partial charge on any atom is 0.261 e. The van der Waals surface area contributed by atoms with Gasteiger partial charge in [0.05, 0.1) is 16.9 Å². The highest BCUT2D eigenvalue weighted by Crippen LogP contribution is 2.26. The van der Waals surface area contributed by atoms with Gasteiger partial charge in [-0.1, -0.05) is 24.3 Å². The molecular weight excluding hydrogens is 457 g/mol. The fourth-order valence-corrected chi connectivity index (χ4v) is 2.63. The summed E-state index contributed by atoms with van der Waals surface area (Å²) in [6.45, 7) is 0. The van der Waals surface area contributed by atoms with Crippen LogP contribution in [0.2, 0.25) is 0 Å². The molecule has 0 atom stereocenters. The monoisotopic (exact) mass is 468 g/mol. The fourth-order valence-electron chi connectivity index (χ4n) is 2.63. The SMILES string of the molecule is O=C(Nc1ccccc1F)C(=Cc1c(F)c(F)c(F)c(F)c1F)C(=O)Nc1ccccc1F. The van der Waals surface area contributed by atoms with Crippen molar-refractivity contribution in [2.45, 2.75) is 0 Å². The molecule has 0 bridgehead atoms. The average Bonchev–Trinajstić information content (AvgIpc) is 2.79. The van der Waals surface area contributed by atoms with Gasteiger partial charge >= 0.3 is 0 Å². The molecule has 0 saturated carbocycles. The molecule has 4 nitrogen and oxygen atoms in total. The van der Waals surface area contributed by atoms with E-state index in [1.807, 2.05) is 10.6 Å². The quantitative estimate of drug-likeness (QED) is 0.133. The van der Waals surface area contributed by atoms with Crippen LogP contribution in [0.5, 0.6) is 0 Å². The molecule has 0 fully saturated rings. The second-order valence-electron chi connectivity index (χ2n) is 6.41. The largest absolute Gasteiger partial charge is 0.319 e. The smallest absolute Gasteiger partial charge is 0.261 e. The van der Waals surface area contributed by atoms with Crippen LogP contribution in [-0.4, -0.2) is 11.8 Å². The Labute approximate surface area is 181 Å². The third-order valence-electron chi connectivity index (χ3n) is 4.27. The van der Waals surface area contributed by atoms with Crippen LogP contribution in [0.3, 0.4) is 0 Å². The van der Waals surface area contributed by atoms with Crippen molar-refractivity contribution in [2.24, 2.45) is 0 Å². The van der Waals surface area contributed by atoms with E-state index in [4.69, 9.17) is 0 Å². The molecule has 0 spiro atoms. The van der Waals surface area contributed by atoms with Crippen LogP contribution in [0.1, 0.15) is 5.56 Å². The number of hydrogen-bond acceptors (Lipinski definition) is 2. The fraction of sp³-hybridized carbons (Fsp3) is 0. The van der Waals surface area contributed by atoms with E-state index in [-0.39, 0.29) is 6.08 Å². The standard InChI is InChI=1S/C22H11F7N2O2/c23-12-5-1-3-7-14(12)30-21(32)11(22(33)31-15-8-4-2-6-13(15)24)9-10-16(25)18(27)20(29)19(28)17(10)26/h1-9H,(H,30,32)(H,31,33). The van der Waals surface area contributed by atoms with E-state index in [9.17, 15) is 40.3 Å². The number of carbonyl (C=O) groups is 2. The minimum absolute atomic E-state index is 0.0859. The summed E-state index contributed by atoms with van der Waals surface area (Å²) in [6, 6.07) is 9.24. The lowest BCUT2D eigenvalue weighted by atomic mass is 10.1. The third-order valence-corrected chi connectivity index (χ3v) is 4.27. The number of halogens is 7. The Morgan fingerprint density at radius 1 is 0.576 bits per heavy atom. The molecule has 170 valence electrons. The van der Waals surface area contributed by atoms with Crippen molar-refractivity contribution in [3.63, 3.8) is 0 Å². The summed E-state index contributed by atoms with van der Waals surface area (Å²) in [5, 5.41) is 3.90. The second kappa shape index (κ2) is 9.55. The second-order valence-corrected chi connectivity index (χ2v) is 6.41. The molecule has 11 heteroatoms. The first-order valence-electron chi connectivity index (χ1n) is 8.96. The van der Waals surface area contributed by atoms with Gasteiger partial charge in [0.25, 0.3) is 11.8 Å². The number of amides is 2. The minimum Gasteiger partial charge on any atom is -0.319 e. The molecule has 2 N–H and O–H groups in total. The van der Waals surface area contributed by atoms with Gasteiger partial charge in [-0.15, -0.1) is 0 Å². The topological polar surface area (TPSA) is 58.2 Å². The van der Waals surface area contributed by atoms with E-state index in [1.54, 1.807) is 0 Å². The van der Waals surface area contributed by atoms with Gasteiger partial charge in [-0.2, -0.15) is 0 Å². The highest BCUT2D eigenvalue weighted by Gasteiger charge is 2.28. The molecule has 0 saturated heterocycles. The first kappa shape index (κ1) is 23.5. The number of nitrogens with one attached hydrogen (secondary N) is 2. The predicted octanol–water partition coefficient (Wildman–Crippen LogP) is 5.32. The number of rotatable bonds is 5. The maximum atomic E-state index is 14.1. The van der Waals surface area contributed by atoms with Crippen molar-refractivity contribution in [1.29, 1.82) is 0 Å². The molecule has 0 heterocycles. The highest BCUT2D eigenvalue weighted by atomic mass is 19.2. The zero-order chi connectivity index (χ0) is 24.3. The summed E-state index contributed by atoms with van der Waals surface area (Å²) >= 11 is 0. The van der Waals surface area contributed by atoms with Crippen molar-refractivity contribution in [3.05, 3.63) is 100 Å². The zero-order valence-electron chi connectivity index (χ0n) is 16.2. The minimum atomic E-state index is -2.45. The summed E-state index contributed by atoms with van der Waals surface area (Å²) in [5.74, 6) is -16.6. The number of benzene rings is 3. The summed E-state index contributed by atoms with van der Waals surface area (Å²) < 4.78 is 96.4. The van der Waals surface area contributed by atoms with Crippen LogP contribution in [0.15, 0.2) is 54.1 Å². The Morgan fingerprint density at radius 2 is 0.939 bits per heavy atom. The molecule has 0 aliphatic carbocycles. The number of hydrogen-bond donors (Lipinski definition) is 2. The van der Waals surface area contributed by atoms with E-state index in [0.29, 0.717) is 0 Å². The molecule has 3 aromatic carbocycles. The summed E-state index contributed by atoms with van der Waals surface area (Å²) in [7, 11) is 0. The van der Waals surface area contributed by atoms with Gasteiger partial charge < -0.3 is 10.6 Å². The Bertz CT molecular complexity index is 1200. The van der Waals surface area contributed by atoms with Gasteiger partial charge in [0.1, 0.15) is 17.2 Å². The van der Waals surface area contributed by atoms with Crippen LogP contribution in [0, 0.1) is 40.7 Å². The molecule has 33 heavy (non-hydrogen) atoms. The molecule has 3 aromatic rings. The Morgan fingerprint density at radius 3 is 1.33 bits per heavy atom. The molecule has 0 unspecified atom stereocenters. The van der Waals surface area contributed by atoms with Gasteiger partial charge in [-0.05, 0) is 30.3 Å². The van der Waals surface area contributed by atoms with Crippen LogP contribution in [0.4, 0.5) is 42.1 Å². The molecule has 0 aliphatic heterocycles. The van der Waals surface area contributed by atoms with Gasteiger partial charge in [0, 0.05) is 0 Å². The normalized spacial score (nSPS) is 10.5. The van der Waals surface area contributed by atoms with Gasteiger partial charge in [-0.3, -0.25) is 9.59 Å². The highest BCUT2D eigenvalue weighted by molar-refractivity contribution is 6.28. The molecule has 3 rings (SSSR count). The van der Waals surface area contributed by atoms with Crippen LogP contribution in [0.25, 0.3) is 6.08 Å². The Hall–Kier alpha value is -4.15. The first-order valence-corrected chi connectivity index (χ1v) is 8.96. The number of anilines is 2. The first-order chi connectivity index (χ1) is 15.6. The number of para-hydroxylation sites is 2. The van der Waals surface area contributed by atoms with E-state index in [0.717, 1.165) is 24.3 Å². The van der Waals surface area contributed by atoms with E-state index in [2.05, 4.69) is 0 Å². The molecule has 0 radical (unpaired) electrons. The Balaban J connectivity index is 2.11. The lowest BCUT2D eigenvalue weighted by Crippen LogP contribution is -2.26. The summed E-state index contributed by atoms with van der Waals surface area (Å²) in [6.07, 6.45) is 0.0859. The van der Waals surface area contributed by atoms with Crippen molar-refractivity contribution in [2.75, 3.05) is 10.6 Å². The molecule has 2 amide bonds. The lowest BCUT2D eigenvalue weighted by Gasteiger charge is -2.12. The molecule has 0 aromatic heterocycles. The zero-order valence-corrected chi connectivity index (χ0v) is 16.2. The summed E-state index contributed by atoms with van der Waals surface area (Å²) in [4.78, 5) is 25.3. The van der Waals surface area contributed by atoms with E-state index < -0.39 is 75.0 Å². The van der Waals surface area contributed by atoms with Crippen molar-refractivity contribution < 1.29 is 40.3 Å². The van der Waals surface area contributed by atoms with Gasteiger partial charge in [0.15, 0.2) is 23.3 Å². The predicted molar refractivity (Wildman–Crippen MR) is 104 cm³/mol. The molecule has 0 aliphatic rings. The average molecular weight is 468 g/mol. The van der Waals surface area contributed by atoms with E-state index >= 15 is 0 Å². The van der Waals surface area contributed by atoms with Crippen LogP contribution < -0.4 is 10.6 Å². The van der Waals surface area contributed by atoms with Gasteiger partial charge in [-0.25, -0.2) is 30.7 Å². The maximum absolute atomic E-state index is 14.1. The number of carbonyl (C=O) groups excluding carboxylic acids is 2. The van der Waals surface area contributed by atoms with Crippen LogP contribution >= 0.6 is 0 Å². The summed E-state index contributed by atoms with van der Waals surface area (Å²) in [5.41, 5.74) is -3.72.